The van der Waals surface area contributed by atoms with Crippen LogP contribution in [0, 0.1) is 6.92 Å². The quantitative estimate of drug-likeness (QED) is 0.655. The van der Waals surface area contributed by atoms with Crippen LogP contribution in [-0.2, 0) is 18.4 Å². The number of benzene rings is 2. The second kappa shape index (κ2) is 7.75. The number of hydrogen-bond donors (Lipinski definition) is 1. The van der Waals surface area contributed by atoms with Gasteiger partial charge in [-0.15, -0.1) is 0 Å². The summed E-state index contributed by atoms with van der Waals surface area (Å²) in [7, 11) is 2.04. The maximum absolute atomic E-state index is 12.2. The first-order valence-corrected chi connectivity index (χ1v) is 8.93. The molecule has 1 amide bonds. The van der Waals surface area contributed by atoms with Crippen molar-refractivity contribution in [2.24, 2.45) is 7.05 Å². The molecule has 5 heteroatoms. The average molecular weight is 369 g/mol. The van der Waals surface area contributed by atoms with Gasteiger partial charge in [-0.2, -0.15) is 0 Å². The fraction of sp³-hybridized carbons (Fsp3) is 0.238. The van der Waals surface area contributed by atoms with Crippen LogP contribution in [0.25, 0.3) is 10.9 Å². The number of rotatable bonds is 6. The average Bonchev–Trinajstić information content (AvgIpc) is 2.92. The zero-order valence-corrected chi connectivity index (χ0v) is 15.6. The number of hydrogen-bond acceptors (Lipinski definition) is 2. The van der Waals surface area contributed by atoms with E-state index in [0.717, 1.165) is 10.9 Å². The third-order valence-corrected chi connectivity index (χ3v) is 4.92. The molecule has 0 spiro atoms. The summed E-state index contributed by atoms with van der Waals surface area (Å²) in [6.07, 6.45) is 0.295. The summed E-state index contributed by atoms with van der Waals surface area (Å²) in [5.74, 6) is -0.262. The zero-order chi connectivity index (χ0) is 18.7. The van der Waals surface area contributed by atoms with Gasteiger partial charge in [0.1, 0.15) is 0 Å². The molecule has 1 aromatic heterocycles. The molecule has 1 heterocycles. The van der Waals surface area contributed by atoms with Gasteiger partial charge in [-0.3, -0.25) is 9.59 Å². The second-order valence-corrected chi connectivity index (χ2v) is 6.82. The van der Waals surface area contributed by atoms with Gasteiger partial charge in [-0.1, -0.05) is 29.8 Å². The maximum Gasteiger partial charge on any atom is 0.220 e. The number of carbonyl (C=O) groups excluding carboxylic acids is 2. The molecule has 26 heavy (non-hydrogen) atoms. The number of nitrogens with one attached hydrogen (secondary N) is 1. The van der Waals surface area contributed by atoms with Crippen LogP contribution in [0.1, 0.15) is 34.5 Å². The lowest BCUT2D eigenvalue weighted by Crippen LogP contribution is -2.23. The Morgan fingerprint density at radius 2 is 1.85 bits per heavy atom. The standard InChI is InChI=1S/C21H21ClN2O2/c1-14-11-16-12-15(7-8-19(16)24(14)2)13-23-21(26)10-9-20(25)17-5-3-4-6-18(17)22/h3-8,11-12H,9-10,13H2,1-2H3,(H,23,26). The molecule has 0 saturated heterocycles. The third-order valence-electron chi connectivity index (χ3n) is 4.59. The molecule has 0 aliphatic carbocycles. The molecule has 0 aliphatic heterocycles. The van der Waals surface area contributed by atoms with Gasteiger partial charge in [0.25, 0.3) is 0 Å². The largest absolute Gasteiger partial charge is 0.352 e. The number of amides is 1. The summed E-state index contributed by atoms with van der Waals surface area (Å²) in [6.45, 7) is 2.51. The van der Waals surface area contributed by atoms with Crippen molar-refractivity contribution in [3.63, 3.8) is 0 Å². The van der Waals surface area contributed by atoms with Crippen LogP contribution in [0.4, 0.5) is 0 Å². The van der Waals surface area contributed by atoms with Crippen LogP contribution in [0.5, 0.6) is 0 Å². The molecule has 1 N–H and O–H groups in total. The molecule has 4 nitrogen and oxygen atoms in total. The highest BCUT2D eigenvalue weighted by molar-refractivity contribution is 6.34. The molecule has 2 aromatic carbocycles. The smallest absolute Gasteiger partial charge is 0.220 e. The van der Waals surface area contributed by atoms with E-state index in [1.165, 1.54) is 11.2 Å². The molecule has 0 fully saturated rings. The van der Waals surface area contributed by atoms with Gasteiger partial charge < -0.3 is 9.88 Å². The number of Topliss-reactive ketones (excluding diaryl/α,β-unsaturated/α-hetero) is 1. The van der Waals surface area contributed by atoms with Crippen molar-refractivity contribution in [2.45, 2.75) is 26.3 Å². The molecular weight excluding hydrogens is 348 g/mol. The van der Waals surface area contributed by atoms with E-state index in [0.29, 0.717) is 17.1 Å². The first-order valence-electron chi connectivity index (χ1n) is 8.55. The van der Waals surface area contributed by atoms with Gasteiger partial charge in [-0.05, 0) is 42.8 Å². The van der Waals surface area contributed by atoms with Crippen molar-refractivity contribution in [1.82, 2.24) is 9.88 Å². The van der Waals surface area contributed by atoms with Gasteiger partial charge >= 0.3 is 0 Å². The Kier molecular flexibility index (Phi) is 5.43. The van der Waals surface area contributed by atoms with Crippen molar-refractivity contribution < 1.29 is 9.59 Å². The van der Waals surface area contributed by atoms with Crippen LogP contribution in [0.2, 0.25) is 5.02 Å². The van der Waals surface area contributed by atoms with Crippen LogP contribution in [0.15, 0.2) is 48.5 Å². The molecule has 3 aromatic rings. The summed E-state index contributed by atoms with van der Waals surface area (Å²) < 4.78 is 2.14. The number of aryl methyl sites for hydroxylation is 2. The van der Waals surface area contributed by atoms with Crippen molar-refractivity contribution in [1.29, 1.82) is 0 Å². The Hall–Kier alpha value is -2.59. The number of fused-ring (bicyclic) bond motifs is 1. The molecule has 0 bridgehead atoms. The molecule has 134 valence electrons. The van der Waals surface area contributed by atoms with Crippen LogP contribution < -0.4 is 5.32 Å². The van der Waals surface area contributed by atoms with E-state index in [-0.39, 0.29) is 24.5 Å². The fourth-order valence-electron chi connectivity index (χ4n) is 2.98. The van der Waals surface area contributed by atoms with Gasteiger partial charge in [0.15, 0.2) is 5.78 Å². The minimum absolute atomic E-state index is 0.119. The molecule has 0 saturated carbocycles. The topological polar surface area (TPSA) is 51.1 Å². The van der Waals surface area contributed by atoms with E-state index >= 15 is 0 Å². The number of aromatic nitrogens is 1. The lowest BCUT2D eigenvalue weighted by atomic mass is 10.1. The van der Waals surface area contributed by atoms with Gasteiger partial charge in [0.05, 0.1) is 5.02 Å². The van der Waals surface area contributed by atoms with E-state index in [1.54, 1.807) is 24.3 Å². The van der Waals surface area contributed by atoms with E-state index in [9.17, 15) is 9.59 Å². The summed E-state index contributed by atoms with van der Waals surface area (Å²) in [4.78, 5) is 24.2. The fourth-order valence-corrected chi connectivity index (χ4v) is 3.23. The summed E-state index contributed by atoms with van der Waals surface area (Å²) in [6, 6.07) is 15.2. The van der Waals surface area contributed by atoms with E-state index in [4.69, 9.17) is 11.6 Å². The van der Waals surface area contributed by atoms with E-state index < -0.39 is 0 Å². The van der Waals surface area contributed by atoms with Crippen molar-refractivity contribution in [2.75, 3.05) is 0 Å². The van der Waals surface area contributed by atoms with Gasteiger partial charge in [0.2, 0.25) is 5.91 Å². The first-order chi connectivity index (χ1) is 12.5. The maximum atomic E-state index is 12.2. The SMILES string of the molecule is Cc1cc2cc(CNC(=O)CCC(=O)c3ccccc3Cl)ccc2n1C. The highest BCUT2D eigenvalue weighted by atomic mass is 35.5. The Bertz CT molecular complexity index is 975. The number of nitrogens with zero attached hydrogens (tertiary/aromatic N) is 1. The Morgan fingerprint density at radius 1 is 1.08 bits per heavy atom. The molecule has 0 radical (unpaired) electrons. The Labute approximate surface area is 157 Å². The molecule has 0 atom stereocenters. The summed E-state index contributed by atoms with van der Waals surface area (Å²) >= 11 is 6.01. The predicted molar refractivity (Wildman–Crippen MR) is 105 cm³/mol. The number of ketones is 1. The lowest BCUT2D eigenvalue weighted by molar-refractivity contribution is -0.121. The predicted octanol–water partition coefficient (Wildman–Crippen LogP) is 4.42. The van der Waals surface area contributed by atoms with Crippen molar-refractivity contribution in [3.8, 4) is 0 Å². The van der Waals surface area contributed by atoms with Crippen molar-refractivity contribution >= 4 is 34.2 Å². The summed E-state index contributed by atoms with van der Waals surface area (Å²) in [5, 5.41) is 4.45. The molecule has 0 unspecified atom stereocenters. The third kappa shape index (κ3) is 3.97. The van der Waals surface area contributed by atoms with E-state index in [1.807, 2.05) is 13.1 Å². The molecular formula is C21H21ClN2O2. The van der Waals surface area contributed by atoms with Crippen LogP contribution in [-0.4, -0.2) is 16.3 Å². The Morgan fingerprint density at radius 3 is 2.62 bits per heavy atom. The number of carbonyl (C=O) groups is 2. The minimum atomic E-state index is -0.144. The normalized spacial score (nSPS) is 10.9. The lowest BCUT2D eigenvalue weighted by Gasteiger charge is -2.07. The van der Waals surface area contributed by atoms with E-state index in [2.05, 4.69) is 35.0 Å². The highest BCUT2D eigenvalue weighted by Gasteiger charge is 2.12. The highest BCUT2D eigenvalue weighted by Crippen LogP contribution is 2.20. The first kappa shape index (κ1) is 18.2. The number of halogens is 1. The van der Waals surface area contributed by atoms with Crippen LogP contribution in [0.3, 0.4) is 0 Å². The molecule has 3 rings (SSSR count). The zero-order valence-electron chi connectivity index (χ0n) is 14.9. The summed E-state index contributed by atoms with van der Waals surface area (Å²) in [5.41, 5.74) is 3.86. The Balaban J connectivity index is 1.54. The van der Waals surface area contributed by atoms with Gasteiger partial charge in [-0.25, -0.2) is 0 Å². The minimum Gasteiger partial charge on any atom is -0.352 e. The molecule has 0 aliphatic rings. The monoisotopic (exact) mass is 368 g/mol. The van der Waals surface area contributed by atoms with Crippen LogP contribution >= 0.6 is 11.6 Å². The second-order valence-electron chi connectivity index (χ2n) is 6.42. The van der Waals surface area contributed by atoms with Crippen molar-refractivity contribution in [3.05, 3.63) is 70.4 Å². The van der Waals surface area contributed by atoms with Gasteiger partial charge in [0, 0.05) is 48.6 Å².